The molecule has 1 atom stereocenters. The van der Waals surface area contributed by atoms with Gasteiger partial charge in [-0.05, 0) is 63.4 Å². The van der Waals surface area contributed by atoms with Crippen molar-refractivity contribution in [3.63, 3.8) is 0 Å². The van der Waals surface area contributed by atoms with Crippen LogP contribution in [0.4, 0.5) is 10.5 Å². The smallest absolute Gasteiger partial charge is 0.319 e. The van der Waals surface area contributed by atoms with Crippen LogP contribution >= 0.6 is 0 Å². The normalized spacial score (nSPS) is 16.1. The highest BCUT2D eigenvalue weighted by Gasteiger charge is 2.16. The van der Waals surface area contributed by atoms with E-state index in [0.717, 1.165) is 29.7 Å². The van der Waals surface area contributed by atoms with Crippen LogP contribution in [0.25, 0.3) is 11.1 Å². The average Bonchev–Trinajstić information content (AvgIpc) is 3.13. The van der Waals surface area contributed by atoms with Gasteiger partial charge in [0.2, 0.25) is 0 Å². The lowest BCUT2D eigenvalue weighted by atomic mass is 10.1. The number of amides is 2. The summed E-state index contributed by atoms with van der Waals surface area (Å²) in [4.78, 5) is 14.6. The van der Waals surface area contributed by atoms with E-state index in [2.05, 4.69) is 27.6 Å². The van der Waals surface area contributed by atoms with Gasteiger partial charge >= 0.3 is 6.03 Å². The quantitative estimate of drug-likeness (QED) is 0.729. The molecule has 0 saturated carbocycles. The number of nitrogens with zero attached hydrogens (tertiary/aromatic N) is 3. The molecule has 2 amide bonds. The van der Waals surface area contributed by atoms with E-state index in [0.29, 0.717) is 12.6 Å². The molecule has 1 aromatic heterocycles. The minimum Gasteiger partial charge on any atom is -0.338 e. The third-order valence-corrected chi connectivity index (χ3v) is 5.28. The molecule has 1 aliphatic heterocycles. The molecule has 2 heterocycles. The van der Waals surface area contributed by atoms with E-state index < -0.39 is 0 Å². The molecule has 146 valence electrons. The zero-order chi connectivity index (χ0) is 19.1. The first-order valence-electron chi connectivity index (χ1n) is 10.00. The lowest BCUT2D eigenvalue weighted by molar-refractivity contribution is 0.164. The number of piperidine rings is 1. The fourth-order valence-electron chi connectivity index (χ4n) is 3.63. The molecule has 0 radical (unpaired) electrons. The number of hydrogen-bond acceptors (Lipinski definition) is 3. The third kappa shape index (κ3) is 5.82. The summed E-state index contributed by atoms with van der Waals surface area (Å²) in [7, 11) is 1.90. The first-order chi connectivity index (χ1) is 13.1. The Balaban J connectivity index is 1.36. The summed E-state index contributed by atoms with van der Waals surface area (Å²) in [6, 6.07) is 8.28. The fraction of sp³-hybridized carbons (Fsp3) is 0.524. The molecule has 27 heavy (non-hydrogen) atoms. The number of benzene rings is 1. The van der Waals surface area contributed by atoms with Gasteiger partial charge in [0.25, 0.3) is 0 Å². The highest BCUT2D eigenvalue weighted by Crippen LogP contribution is 2.20. The predicted octanol–water partition coefficient (Wildman–Crippen LogP) is 3.86. The summed E-state index contributed by atoms with van der Waals surface area (Å²) < 4.78 is 1.78. The fourth-order valence-corrected chi connectivity index (χ4v) is 3.63. The molecule has 2 N–H and O–H groups in total. The van der Waals surface area contributed by atoms with Crippen molar-refractivity contribution in [2.45, 2.75) is 45.1 Å². The summed E-state index contributed by atoms with van der Waals surface area (Å²) in [6.45, 7) is 5.46. The van der Waals surface area contributed by atoms with Crippen LogP contribution in [-0.2, 0) is 7.05 Å². The van der Waals surface area contributed by atoms with Gasteiger partial charge in [0.15, 0.2) is 0 Å². The number of nitrogens with one attached hydrogen (secondary N) is 2. The summed E-state index contributed by atoms with van der Waals surface area (Å²) in [5.41, 5.74) is 2.94. The van der Waals surface area contributed by atoms with Crippen LogP contribution in [0.15, 0.2) is 36.7 Å². The molecule has 1 saturated heterocycles. The molecule has 6 heteroatoms. The third-order valence-electron chi connectivity index (χ3n) is 5.28. The van der Waals surface area contributed by atoms with E-state index in [-0.39, 0.29) is 6.03 Å². The van der Waals surface area contributed by atoms with Crippen molar-refractivity contribution in [1.82, 2.24) is 20.0 Å². The van der Waals surface area contributed by atoms with Crippen LogP contribution in [0.5, 0.6) is 0 Å². The first kappa shape index (κ1) is 19.4. The molecule has 0 spiro atoms. The number of urea groups is 1. The molecular weight excluding hydrogens is 338 g/mol. The Bertz CT molecular complexity index is 718. The summed E-state index contributed by atoms with van der Waals surface area (Å²) >= 11 is 0. The van der Waals surface area contributed by atoms with Crippen molar-refractivity contribution in [3.8, 4) is 11.1 Å². The summed E-state index contributed by atoms with van der Waals surface area (Å²) in [6.07, 6.45) is 9.95. The van der Waals surface area contributed by atoms with Crippen molar-refractivity contribution in [3.05, 3.63) is 36.7 Å². The maximum absolute atomic E-state index is 12.1. The van der Waals surface area contributed by atoms with Gasteiger partial charge in [-0.3, -0.25) is 4.68 Å². The van der Waals surface area contributed by atoms with Gasteiger partial charge in [-0.25, -0.2) is 4.79 Å². The lowest BCUT2D eigenvalue weighted by Crippen LogP contribution is -2.38. The van der Waals surface area contributed by atoms with Crippen molar-refractivity contribution in [2.75, 3.05) is 25.0 Å². The molecule has 2 aromatic rings. The monoisotopic (exact) mass is 369 g/mol. The number of aryl methyl sites for hydroxylation is 1. The maximum atomic E-state index is 12.1. The Morgan fingerprint density at radius 2 is 1.89 bits per heavy atom. The Kier molecular flexibility index (Phi) is 6.87. The standard InChI is InChI=1S/C21H31N5O/c1-17(26-13-4-3-5-14-26)7-6-12-22-21(27)24-20-10-8-18(9-11-20)19-15-23-25(2)16-19/h8-11,15-17H,3-7,12-14H2,1-2H3,(H2,22,24,27). The highest BCUT2D eigenvalue weighted by atomic mass is 16.2. The Morgan fingerprint density at radius 1 is 1.15 bits per heavy atom. The molecule has 3 rings (SSSR count). The number of anilines is 1. The van der Waals surface area contributed by atoms with Crippen molar-refractivity contribution < 1.29 is 4.79 Å². The van der Waals surface area contributed by atoms with E-state index in [1.807, 2.05) is 43.7 Å². The molecule has 1 aromatic carbocycles. The van der Waals surface area contributed by atoms with Crippen molar-refractivity contribution in [1.29, 1.82) is 0 Å². The molecule has 1 fully saturated rings. The van der Waals surface area contributed by atoms with Crippen LogP contribution in [0.2, 0.25) is 0 Å². The Hall–Kier alpha value is -2.34. The molecule has 1 unspecified atom stereocenters. The second-order valence-corrected chi connectivity index (χ2v) is 7.45. The minimum absolute atomic E-state index is 0.144. The number of likely N-dealkylation sites (tertiary alicyclic amines) is 1. The van der Waals surface area contributed by atoms with E-state index in [4.69, 9.17) is 0 Å². The second-order valence-electron chi connectivity index (χ2n) is 7.45. The lowest BCUT2D eigenvalue weighted by Gasteiger charge is -2.32. The number of rotatable bonds is 7. The number of carbonyl (C=O) groups is 1. The Labute approximate surface area is 161 Å². The molecule has 6 nitrogen and oxygen atoms in total. The number of aromatic nitrogens is 2. The zero-order valence-corrected chi connectivity index (χ0v) is 16.4. The maximum Gasteiger partial charge on any atom is 0.319 e. The SMILES string of the molecule is CC(CCCNC(=O)Nc1ccc(-c2cnn(C)c2)cc1)N1CCCCC1. The Morgan fingerprint density at radius 3 is 2.56 bits per heavy atom. The number of hydrogen-bond donors (Lipinski definition) is 2. The van der Waals surface area contributed by atoms with Crippen LogP contribution in [0.3, 0.4) is 0 Å². The van der Waals surface area contributed by atoms with Gasteiger partial charge in [-0.15, -0.1) is 0 Å². The molecule has 0 aliphatic carbocycles. The molecule has 0 bridgehead atoms. The zero-order valence-electron chi connectivity index (χ0n) is 16.4. The van der Waals surface area contributed by atoms with Gasteiger partial charge in [0.1, 0.15) is 0 Å². The topological polar surface area (TPSA) is 62.2 Å². The van der Waals surface area contributed by atoms with E-state index in [1.54, 1.807) is 4.68 Å². The summed E-state index contributed by atoms with van der Waals surface area (Å²) in [5, 5.41) is 10.0. The van der Waals surface area contributed by atoms with Gasteiger partial charge in [-0.2, -0.15) is 5.10 Å². The summed E-state index contributed by atoms with van der Waals surface area (Å²) in [5.74, 6) is 0. The first-order valence-corrected chi connectivity index (χ1v) is 10.00. The minimum atomic E-state index is -0.144. The van der Waals surface area contributed by atoms with Gasteiger partial charge in [0, 0.05) is 37.1 Å². The van der Waals surface area contributed by atoms with E-state index in [9.17, 15) is 4.79 Å². The second kappa shape index (κ2) is 9.55. The van der Waals surface area contributed by atoms with E-state index in [1.165, 1.54) is 32.4 Å². The molecule has 1 aliphatic rings. The largest absolute Gasteiger partial charge is 0.338 e. The average molecular weight is 370 g/mol. The van der Waals surface area contributed by atoms with Crippen molar-refractivity contribution >= 4 is 11.7 Å². The molecular formula is C21H31N5O. The van der Waals surface area contributed by atoms with Crippen LogP contribution in [0, 0.1) is 0 Å². The van der Waals surface area contributed by atoms with Gasteiger partial charge < -0.3 is 15.5 Å². The predicted molar refractivity (Wildman–Crippen MR) is 110 cm³/mol. The van der Waals surface area contributed by atoms with E-state index >= 15 is 0 Å². The van der Waals surface area contributed by atoms with Gasteiger partial charge in [-0.1, -0.05) is 18.6 Å². The van der Waals surface area contributed by atoms with Crippen LogP contribution in [0.1, 0.15) is 39.0 Å². The van der Waals surface area contributed by atoms with Crippen molar-refractivity contribution in [2.24, 2.45) is 7.05 Å². The van der Waals surface area contributed by atoms with Crippen LogP contribution in [-0.4, -0.2) is 46.4 Å². The number of carbonyl (C=O) groups excluding carboxylic acids is 1. The van der Waals surface area contributed by atoms with Gasteiger partial charge in [0.05, 0.1) is 6.20 Å². The highest BCUT2D eigenvalue weighted by molar-refractivity contribution is 5.89. The van der Waals surface area contributed by atoms with Crippen LogP contribution < -0.4 is 10.6 Å².